The van der Waals surface area contributed by atoms with E-state index in [2.05, 4.69) is 20.6 Å². The number of hydrogen-bond donors (Lipinski definition) is 2. The van der Waals surface area contributed by atoms with Crippen molar-refractivity contribution in [2.45, 2.75) is 6.54 Å². The second-order valence-electron chi connectivity index (χ2n) is 4.78. The first-order valence-corrected chi connectivity index (χ1v) is 7.73. The fourth-order valence-electron chi connectivity index (χ4n) is 1.93. The molecule has 0 saturated carbocycles. The van der Waals surface area contributed by atoms with Gasteiger partial charge in [-0.15, -0.1) is 0 Å². The van der Waals surface area contributed by atoms with Gasteiger partial charge in [0.2, 0.25) is 5.95 Å². The van der Waals surface area contributed by atoms with Crippen LogP contribution in [-0.4, -0.2) is 15.9 Å². The maximum Gasteiger partial charge on any atom is 0.274 e. The van der Waals surface area contributed by atoms with Gasteiger partial charge in [0.1, 0.15) is 11.5 Å². The monoisotopic (exact) mass is 362 g/mol. The normalized spacial score (nSPS) is 10.4. The molecule has 0 radical (unpaired) electrons. The molecule has 0 atom stereocenters. The third kappa shape index (κ3) is 4.04. The highest BCUT2D eigenvalue weighted by Gasteiger charge is 2.11. The number of aromatic nitrogens is 2. The van der Waals surface area contributed by atoms with Crippen LogP contribution >= 0.6 is 23.2 Å². The third-order valence-corrected chi connectivity index (χ3v) is 3.62. The zero-order chi connectivity index (χ0) is 16.9. The van der Waals surface area contributed by atoms with Crippen molar-refractivity contribution in [3.05, 3.63) is 70.4 Å². The van der Waals surface area contributed by atoms with Gasteiger partial charge in [-0.2, -0.15) is 0 Å². The van der Waals surface area contributed by atoms with Crippen LogP contribution in [0.3, 0.4) is 0 Å². The van der Waals surface area contributed by atoms with Crippen molar-refractivity contribution in [3.8, 4) is 0 Å². The maximum atomic E-state index is 12.3. The van der Waals surface area contributed by atoms with Gasteiger partial charge in [-0.1, -0.05) is 23.2 Å². The van der Waals surface area contributed by atoms with Gasteiger partial charge < -0.3 is 15.1 Å². The molecule has 0 aliphatic carbocycles. The number of anilines is 2. The lowest BCUT2D eigenvalue weighted by Gasteiger charge is -2.08. The van der Waals surface area contributed by atoms with Crippen molar-refractivity contribution in [2.75, 3.05) is 10.6 Å². The lowest BCUT2D eigenvalue weighted by atomic mass is 10.3. The van der Waals surface area contributed by atoms with Gasteiger partial charge in [-0.25, -0.2) is 9.97 Å². The Labute approximate surface area is 147 Å². The Kier molecular flexibility index (Phi) is 4.98. The maximum absolute atomic E-state index is 12.3. The zero-order valence-corrected chi connectivity index (χ0v) is 13.8. The third-order valence-electron chi connectivity index (χ3n) is 3.07. The van der Waals surface area contributed by atoms with Gasteiger partial charge in [0.25, 0.3) is 5.91 Å². The molecule has 0 spiro atoms. The summed E-state index contributed by atoms with van der Waals surface area (Å²) in [5, 5.41) is 6.51. The van der Waals surface area contributed by atoms with E-state index in [1.54, 1.807) is 30.5 Å². The summed E-state index contributed by atoms with van der Waals surface area (Å²) in [4.78, 5) is 20.5. The van der Waals surface area contributed by atoms with E-state index in [0.717, 1.165) is 5.76 Å². The van der Waals surface area contributed by atoms with E-state index in [-0.39, 0.29) is 5.69 Å². The Morgan fingerprint density at radius 2 is 2.08 bits per heavy atom. The highest BCUT2D eigenvalue weighted by atomic mass is 35.5. The van der Waals surface area contributed by atoms with E-state index in [9.17, 15) is 4.79 Å². The molecule has 0 fully saturated rings. The molecular formula is C16H12Cl2N4O2. The number of rotatable bonds is 5. The number of carbonyl (C=O) groups excluding carboxylic acids is 1. The summed E-state index contributed by atoms with van der Waals surface area (Å²) in [5.41, 5.74) is 0.660. The summed E-state index contributed by atoms with van der Waals surface area (Å²) < 4.78 is 5.21. The average Bonchev–Trinajstić information content (AvgIpc) is 3.09. The number of nitrogens with one attached hydrogen (secondary N) is 2. The van der Waals surface area contributed by atoms with Crippen molar-refractivity contribution in [1.29, 1.82) is 0 Å². The molecule has 8 heteroatoms. The summed E-state index contributed by atoms with van der Waals surface area (Å²) in [5.74, 6) is 0.658. The van der Waals surface area contributed by atoms with Crippen molar-refractivity contribution >= 4 is 40.7 Å². The first kappa shape index (κ1) is 16.3. The molecule has 122 valence electrons. The molecule has 2 N–H and O–H groups in total. The van der Waals surface area contributed by atoms with Crippen molar-refractivity contribution < 1.29 is 9.21 Å². The number of halogens is 2. The Morgan fingerprint density at radius 1 is 1.21 bits per heavy atom. The summed E-state index contributed by atoms with van der Waals surface area (Å²) in [6, 6.07) is 9.94. The van der Waals surface area contributed by atoms with Crippen LogP contribution < -0.4 is 10.6 Å². The van der Waals surface area contributed by atoms with Crippen LogP contribution in [0.15, 0.2) is 53.3 Å². The number of amides is 1. The van der Waals surface area contributed by atoms with Gasteiger partial charge in [-0.05, 0) is 36.4 Å². The van der Waals surface area contributed by atoms with Crippen LogP contribution in [0, 0.1) is 0 Å². The quantitative estimate of drug-likeness (QED) is 0.709. The zero-order valence-electron chi connectivity index (χ0n) is 12.3. The van der Waals surface area contributed by atoms with E-state index in [0.29, 0.717) is 28.2 Å². The molecule has 1 aromatic carbocycles. The molecule has 24 heavy (non-hydrogen) atoms. The molecule has 0 unspecified atom stereocenters. The van der Waals surface area contributed by atoms with Gasteiger partial charge in [0, 0.05) is 11.2 Å². The van der Waals surface area contributed by atoms with Crippen LogP contribution in [0.4, 0.5) is 11.6 Å². The molecule has 6 nitrogen and oxygen atoms in total. The Hall–Kier alpha value is -2.57. The largest absolute Gasteiger partial charge is 0.467 e. The van der Waals surface area contributed by atoms with E-state index >= 15 is 0 Å². The Morgan fingerprint density at radius 3 is 2.83 bits per heavy atom. The second kappa shape index (κ2) is 7.33. The van der Waals surface area contributed by atoms with Crippen LogP contribution in [0.2, 0.25) is 10.0 Å². The minimum atomic E-state index is -0.400. The second-order valence-corrected chi connectivity index (χ2v) is 5.62. The van der Waals surface area contributed by atoms with E-state index < -0.39 is 5.91 Å². The molecule has 0 saturated heterocycles. The lowest BCUT2D eigenvalue weighted by molar-refractivity contribution is 0.102. The first-order chi connectivity index (χ1) is 11.6. The van der Waals surface area contributed by atoms with E-state index in [4.69, 9.17) is 27.6 Å². The predicted molar refractivity (Wildman–Crippen MR) is 92.5 cm³/mol. The highest BCUT2D eigenvalue weighted by Crippen LogP contribution is 2.25. The Bertz CT molecular complexity index is 853. The lowest BCUT2D eigenvalue weighted by Crippen LogP contribution is -2.15. The number of furan rings is 1. The summed E-state index contributed by atoms with van der Waals surface area (Å²) in [6.07, 6.45) is 3.08. The fraction of sp³-hybridized carbons (Fsp3) is 0.0625. The highest BCUT2D eigenvalue weighted by molar-refractivity contribution is 6.36. The average molecular weight is 363 g/mol. The minimum absolute atomic E-state index is 0.206. The molecule has 1 amide bonds. The molecule has 3 rings (SSSR count). The van der Waals surface area contributed by atoms with Crippen LogP contribution in [0.5, 0.6) is 0 Å². The van der Waals surface area contributed by atoms with Crippen LogP contribution in [-0.2, 0) is 6.54 Å². The number of benzene rings is 1. The van der Waals surface area contributed by atoms with Gasteiger partial charge >= 0.3 is 0 Å². The van der Waals surface area contributed by atoms with Crippen molar-refractivity contribution in [3.63, 3.8) is 0 Å². The van der Waals surface area contributed by atoms with Crippen molar-refractivity contribution in [1.82, 2.24) is 9.97 Å². The SMILES string of the molecule is O=C(Nc1ccc(Cl)cc1Cl)c1ccnc(NCc2ccco2)n1. The van der Waals surface area contributed by atoms with Crippen LogP contribution in [0.25, 0.3) is 0 Å². The van der Waals surface area contributed by atoms with Gasteiger partial charge in [-0.3, -0.25) is 4.79 Å². The summed E-state index contributed by atoms with van der Waals surface area (Å²) in [6.45, 7) is 0.418. The molecule has 0 bridgehead atoms. The molecule has 3 aromatic rings. The number of carbonyl (C=O) groups is 1. The topological polar surface area (TPSA) is 80.0 Å². The molecular weight excluding hydrogens is 351 g/mol. The summed E-state index contributed by atoms with van der Waals surface area (Å²) >= 11 is 11.9. The number of hydrogen-bond acceptors (Lipinski definition) is 5. The standard InChI is InChI=1S/C16H12Cl2N4O2/c17-10-3-4-13(12(18)8-10)21-15(23)14-5-6-19-16(22-14)20-9-11-2-1-7-24-11/h1-8H,9H2,(H,21,23)(H,19,20,22). The molecule has 2 aromatic heterocycles. The van der Waals surface area contributed by atoms with E-state index in [1.807, 2.05) is 6.07 Å². The molecule has 0 aliphatic heterocycles. The summed E-state index contributed by atoms with van der Waals surface area (Å²) in [7, 11) is 0. The van der Waals surface area contributed by atoms with Gasteiger partial charge in [0.15, 0.2) is 0 Å². The number of nitrogens with zero attached hydrogens (tertiary/aromatic N) is 2. The fourth-order valence-corrected chi connectivity index (χ4v) is 2.38. The molecule has 2 heterocycles. The minimum Gasteiger partial charge on any atom is -0.467 e. The first-order valence-electron chi connectivity index (χ1n) is 6.97. The Balaban J connectivity index is 1.69. The van der Waals surface area contributed by atoms with Gasteiger partial charge in [0.05, 0.1) is 23.5 Å². The predicted octanol–water partition coefficient (Wildman–Crippen LogP) is 4.24. The van der Waals surface area contributed by atoms with Crippen LogP contribution in [0.1, 0.15) is 16.2 Å². The van der Waals surface area contributed by atoms with Crippen molar-refractivity contribution in [2.24, 2.45) is 0 Å². The molecule has 0 aliphatic rings. The smallest absolute Gasteiger partial charge is 0.274 e. The van der Waals surface area contributed by atoms with E-state index in [1.165, 1.54) is 12.3 Å².